The first-order valence-electron chi connectivity index (χ1n) is 25.7. The Labute approximate surface area is 364 Å². The van der Waals surface area contributed by atoms with Crippen LogP contribution in [0.1, 0.15) is 258 Å². The van der Waals surface area contributed by atoms with Gasteiger partial charge in [0.05, 0.1) is 25.4 Å². The second-order valence-corrected chi connectivity index (χ2v) is 18.3. The van der Waals surface area contributed by atoms with Crippen molar-refractivity contribution in [2.45, 2.75) is 301 Å². The van der Waals surface area contributed by atoms with E-state index >= 15 is 0 Å². The van der Waals surface area contributed by atoms with Crippen molar-refractivity contribution in [2.75, 3.05) is 13.2 Å². The fraction of sp³-hybridized carbons (Fsp3) is 0.980. The highest BCUT2D eigenvalue weighted by molar-refractivity contribution is 5.76. The number of carbonyl (C=O) groups excluding carboxylic acids is 1. The van der Waals surface area contributed by atoms with Crippen LogP contribution in [0.4, 0.5) is 0 Å². The summed E-state index contributed by atoms with van der Waals surface area (Å²) in [4.78, 5) is 13.0. The van der Waals surface area contributed by atoms with Crippen molar-refractivity contribution in [2.24, 2.45) is 0 Å². The molecule has 0 aromatic carbocycles. The Morgan fingerprint density at radius 2 is 0.847 bits per heavy atom. The lowest BCUT2D eigenvalue weighted by Crippen LogP contribution is -2.60. The highest BCUT2D eigenvalue weighted by atomic mass is 16.7. The number of hydrogen-bond acceptors (Lipinski definition) is 8. The zero-order chi connectivity index (χ0) is 43.0. The first kappa shape index (κ1) is 56.2. The molecule has 7 atom stereocenters. The predicted molar refractivity (Wildman–Crippen MR) is 244 cm³/mol. The van der Waals surface area contributed by atoms with E-state index in [0.29, 0.717) is 12.8 Å². The Kier molecular flexibility index (Phi) is 39.3. The Balaban J connectivity index is 2.19. The van der Waals surface area contributed by atoms with Crippen LogP contribution in [0.3, 0.4) is 0 Å². The lowest BCUT2D eigenvalue weighted by atomic mass is 9.99. The van der Waals surface area contributed by atoms with E-state index in [2.05, 4.69) is 19.2 Å². The summed E-state index contributed by atoms with van der Waals surface area (Å²) >= 11 is 0. The van der Waals surface area contributed by atoms with E-state index in [1.165, 1.54) is 193 Å². The molecule has 0 bridgehead atoms. The van der Waals surface area contributed by atoms with Crippen LogP contribution in [0.25, 0.3) is 0 Å². The van der Waals surface area contributed by atoms with Crippen LogP contribution >= 0.6 is 0 Å². The molecule has 0 aromatic heterocycles. The molecule has 0 aromatic rings. The second kappa shape index (κ2) is 41.2. The van der Waals surface area contributed by atoms with Gasteiger partial charge in [-0.15, -0.1) is 0 Å². The minimum Gasteiger partial charge on any atom is -0.394 e. The van der Waals surface area contributed by atoms with Crippen molar-refractivity contribution in [1.82, 2.24) is 5.32 Å². The maximum Gasteiger partial charge on any atom is 0.220 e. The van der Waals surface area contributed by atoms with Crippen LogP contribution < -0.4 is 5.32 Å². The lowest BCUT2D eigenvalue weighted by Gasteiger charge is -2.40. The summed E-state index contributed by atoms with van der Waals surface area (Å²) in [6.45, 7) is 3.86. The summed E-state index contributed by atoms with van der Waals surface area (Å²) < 4.78 is 11.3. The molecule has 1 aliphatic heterocycles. The molecule has 9 nitrogen and oxygen atoms in total. The van der Waals surface area contributed by atoms with Crippen molar-refractivity contribution in [3.63, 3.8) is 0 Å². The summed E-state index contributed by atoms with van der Waals surface area (Å²) in [6.07, 6.45) is 39.8. The predicted octanol–water partition coefficient (Wildman–Crippen LogP) is 11.5. The molecule has 1 fully saturated rings. The van der Waals surface area contributed by atoms with Gasteiger partial charge < -0.3 is 40.3 Å². The number of carbonyl (C=O) groups is 1. The quantitative estimate of drug-likeness (QED) is 0.0332. The average molecular weight is 842 g/mol. The molecule has 2 unspecified atom stereocenters. The molecule has 1 rings (SSSR count). The van der Waals surface area contributed by atoms with Gasteiger partial charge in [0, 0.05) is 6.42 Å². The molecule has 9 heteroatoms. The summed E-state index contributed by atoms with van der Waals surface area (Å²) in [7, 11) is 0. The van der Waals surface area contributed by atoms with Crippen LogP contribution in [-0.4, -0.2) is 87.5 Å². The van der Waals surface area contributed by atoms with Crippen LogP contribution in [0.2, 0.25) is 0 Å². The van der Waals surface area contributed by atoms with Crippen LogP contribution in [0.15, 0.2) is 0 Å². The highest BCUT2D eigenvalue weighted by Crippen LogP contribution is 2.23. The largest absolute Gasteiger partial charge is 0.394 e. The Morgan fingerprint density at radius 1 is 0.508 bits per heavy atom. The molecule has 0 saturated carbocycles. The third-order valence-corrected chi connectivity index (χ3v) is 12.7. The summed E-state index contributed by atoms with van der Waals surface area (Å²) in [5.41, 5.74) is 0. The number of hydrogen-bond donors (Lipinski definition) is 6. The molecule has 1 heterocycles. The molecule has 1 aliphatic rings. The van der Waals surface area contributed by atoms with E-state index in [0.717, 1.165) is 38.5 Å². The van der Waals surface area contributed by atoms with Crippen LogP contribution in [0, 0.1) is 0 Å². The van der Waals surface area contributed by atoms with E-state index in [4.69, 9.17) is 9.47 Å². The number of aliphatic hydroxyl groups is 5. The lowest BCUT2D eigenvalue weighted by molar-refractivity contribution is -0.302. The van der Waals surface area contributed by atoms with E-state index < -0.39 is 49.5 Å². The number of amides is 1. The number of unbranched alkanes of at least 4 members (excludes halogenated alkanes) is 34. The zero-order valence-electron chi connectivity index (χ0n) is 38.8. The van der Waals surface area contributed by atoms with Gasteiger partial charge in [0.15, 0.2) is 6.29 Å². The molecular weight excluding hydrogens is 743 g/mol. The van der Waals surface area contributed by atoms with Gasteiger partial charge in [0.1, 0.15) is 24.4 Å². The average Bonchev–Trinajstić information content (AvgIpc) is 3.23. The first-order valence-corrected chi connectivity index (χ1v) is 25.7. The number of ether oxygens (including phenoxy) is 2. The maximum absolute atomic E-state index is 13.0. The molecule has 1 saturated heterocycles. The van der Waals surface area contributed by atoms with Crippen molar-refractivity contribution < 1.29 is 39.8 Å². The molecule has 6 N–H and O–H groups in total. The third-order valence-electron chi connectivity index (χ3n) is 12.7. The zero-order valence-corrected chi connectivity index (χ0v) is 38.8. The normalized spacial score (nSPS) is 20.6. The summed E-state index contributed by atoms with van der Waals surface area (Å²) in [6, 6.07) is -0.711. The fourth-order valence-electron chi connectivity index (χ4n) is 8.58. The third kappa shape index (κ3) is 31.6. The second-order valence-electron chi connectivity index (χ2n) is 18.3. The smallest absolute Gasteiger partial charge is 0.220 e. The van der Waals surface area contributed by atoms with Crippen molar-refractivity contribution in [3.05, 3.63) is 0 Å². The number of rotatable bonds is 44. The molecule has 0 spiro atoms. The molecular formula is C50H99NO8. The molecule has 1 amide bonds. The van der Waals surface area contributed by atoms with Gasteiger partial charge in [-0.05, 0) is 12.8 Å². The number of nitrogens with one attached hydrogen (secondary N) is 1. The van der Waals surface area contributed by atoms with Gasteiger partial charge in [-0.3, -0.25) is 4.79 Å². The maximum atomic E-state index is 13.0. The van der Waals surface area contributed by atoms with Crippen LogP contribution in [-0.2, 0) is 14.3 Å². The topological polar surface area (TPSA) is 149 Å². The van der Waals surface area contributed by atoms with Gasteiger partial charge in [-0.25, -0.2) is 0 Å². The van der Waals surface area contributed by atoms with Gasteiger partial charge in [0.25, 0.3) is 0 Å². The van der Waals surface area contributed by atoms with Gasteiger partial charge in [-0.2, -0.15) is 0 Å². The summed E-state index contributed by atoms with van der Waals surface area (Å²) in [5, 5.41) is 54.4. The molecule has 0 radical (unpaired) electrons. The van der Waals surface area contributed by atoms with E-state index in [-0.39, 0.29) is 12.5 Å². The standard InChI is InChI=1S/C50H99NO8/c1-3-5-7-9-11-13-15-17-18-19-20-21-22-23-24-25-26-27-28-30-32-34-36-38-40-46(54)51-43(42-58-50-49(57)48(56)47(55)45(41-52)59-50)44(53)39-37-35-33-31-29-16-14-12-10-8-6-4-2/h43-45,47-50,52-53,55-57H,3-42H2,1-2H3,(H,51,54)/t43-,44+,45+,47+,48?,49?,50+/m0/s1. The van der Waals surface area contributed by atoms with Crippen molar-refractivity contribution in [3.8, 4) is 0 Å². The minimum absolute atomic E-state index is 0.132. The molecule has 0 aliphatic carbocycles. The van der Waals surface area contributed by atoms with E-state index in [1.807, 2.05) is 0 Å². The minimum atomic E-state index is -1.55. The molecule has 59 heavy (non-hydrogen) atoms. The number of aliphatic hydroxyl groups excluding tert-OH is 5. The van der Waals surface area contributed by atoms with Gasteiger partial charge in [0.2, 0.25) is 5.91 Å². The van der Waals surface area contributed by atoms with E-state index in [1.54, 1.807) is 0 Å². The molecule has 352 valence electrons. The van der Waals surface area contributed by atoms with Crippen molar-refractivity contribution in [1.29, 1.82) is 0 Å². The SMILES string of the molecule is CCCCCCCCCCCCCCCCCCCCCCCCCCC(=O)N[C@@H](CO[C@@H]1O[C@H](CO)[C@@H](O)C(O)C1O)[C@H](O)CCCCCCCCCCCCCC. The Hall–Kier alpha value is -0.810. The van der Waals surface area contributed by atoms with Gasteiger partial charge >= 0.3 is 0 Å². The monoisotopic (exact) mass is 842 g/mol. The fourth-order valence-corrected chi connectivity index (χ4v) is 8.58. The summed E-state index contributed by atoms with van der Waals surface area (Å²) in [5.74, 6) is -0.139. The Bertz CT molecular complexity index is 893. The van der Waals surface area contributed by atoms with Crippen LogP contribution in [0.5, 0.6) is 0 Å². The van der Waals surface area contributed by atoms with Crippen molar-refractivity contribution >= 4 is 5.91 Å². The van der Waals surface area contributed by atoms with Gasteiger partial charge in [-0.1, -0.05) is 239 Å². The highest BCUT2D eigenvalue weighted by Gasteiger charge is 2.44. The Morgan fingerprint density at radius 3 is 1.20 bits per heavy atom. The first-order chi connectivity index (χ1) is 28.8. The van der Waals surface area contributed by atoms with E-state index in [9.17, 15) is 30.3 Å².